The average Bonchev–Trinajstić information content (AvgIpc) is 2.26. The van der Waals surface area contributed by atoms with Crippen molar-refractivity contribution in [2.24, 2.45) is 0 Å². The Morgan fingerprint density at radius 3 is 3.00 bits per heavy atom. The summed E-state index contributed by atoms with van der Waals surface area (Å²) in [4.78, 5) is 11.0. The van der Waals surface area contributed by atoms with Crippen LogP contribution in [0.5, 0.6) is 0 Å². The monoisotopic (exact) mass is 150 g/mol. The number of hydrogen-bond acceptors (Lipinski definition) is 2. The summed E-state index contributed by atoms with van der Waals surface area (Å²) in [6.45, 7) is 1.73. The first-order valence-electron chi connectivity index (χ1n) is 3.55. The van der Waals surface area contributed by atoms with Gasteiger partial charge in [-0.15, -0.1) is 5.92 Å². The van der Waals surface area contributed by atoms with Crippen molar-refractivity contribution in [1.82, 2.24) is 0 Å². The molecule has 0 aromatic heterocycles. The fraction of sp³-hybridized carbons (Fsp3) is 0.444. The molecule has 0 spiro atoms. The second kappa shape index (κ2) is 3.36. The zero-order valence-electron chi connectivity index (χ0n) is 6.42. The van der Waals surface area contributed by atoms with Crippen LogP contribution in [0, 0.1) is 11.8 Å². The van der Waals surface area contributed by atoms with E-state index in [2.05, 4.69) is 11.8 Å². The first-order chi connectivity index (χ1) is 5.24. The largest absolute Gasteiger partial charge is 0.389 e. The smallest absolute Gasteiger partial charge is 0.162 e. The van der Waals surface area contributed by atoms with Crippen LogP contribution in [0.25, 0.3) is 0 Å². The van der Waals surface area contributed by atoms with Gasteiger partial charge in [0, 0.05) is 18.4 Å². The lowest BCUT2D eigenvalue weighted by Crippen LogP contribution is -2.00. The topological polar surface area (TPSA) is 37.3 Å². The molecule has 1 aliphatic carbocycles. The molecule has 0 fully saturated rings. The predicted octanol–water partition coefficient (Wildman–Crippen LogP) is 0.660. The van der Waals surface area contributed by atoms with E-state index in [-0.39, 0.29) is 12.2 Å². The van der Waals surface area contributed by atoms with Gasteiger partial charge in [-0.05, 0) is 13.0 Å². The Hall–Kier alpha value is -1.07. The maximum Gasteiger partial charge on any atom is 0.162 e. The van der Waals surface area contributed by atoms with Crippen LogP contribution in [-0.2, 0) is 4.79 Å². The van der Waals surface area contributed by atoms with Gasteiger partial charge in [0.1, 0.15) is 0 Å². The minimum atomic E-state index is -0.573. The van der Waals surface area contributed by atoms with E-state index >= 15 is 0 Å². The summed E-state index contributed by atoms with van der Waals surface area (Å²) in [5.41, 5.74) is 0.659. The standard InChI is InChI=1S/C9H10O2/c1-2-3-4-7-5-8(10)6-9(7)11/h5,8,10H,4,6H2,1H3. The molecule has 2 heteroatoms. The van der Waals surface area contributed by atoms with E-state index < -0.39 is 6.10 Å². The molecule has 1 unspecified atom stereocenters. The van der Waals surface area contributed by atoms with Gasteiger partial charge in [-0.2, -0.15) is 0 Å². The van der Waals surface area contributed by atoms with Crippen LogP contribution in [0.15, 0.2) is 11.6 Å². The van der Waals surface area contributed by atoms with Gasteiger partial charge >= 0.3 is 0 Å². The highest BCUT2D eigenvalue weighted by Gasteiger charge is 2.20. The van der Waals surface area contributed by atoms with Gasteiger partial charge in [-0.3, -0.25) is 4.79 Å². The Balaban J connectivity index is 2.61. The highest BCUT2D eigenvalue weighted by molar-refractivity contribution is 5.98. The first-order valence-corrected chi connectivity index (χ1v) is 3.55. The molecule has 0 aromatic carbocycles. The molecule has 0 aromatic rings. The van der Waals surface area contributed by atoms with Crippen molar-refractivity contribution < 1.29 is 9.90 Å². The lowest BCUT2D eigenvalue weighted by atomic mass is 10.1. The van der Waals surface area contributed by atoms with Gasteiger partial charge < -0.3 is 5.11 Å². The van der Waals surface area contributed by atoms with Gasteiger partial charge in [0.25, 0.3) is 0 Å². The SMILES string of the molecule is CC#CCC1=CC(O)CC1=O. The normalized spacial score (nSPS) is 22.5. The third-order valence-corrected chi connectivity index (χ3v) is 1.60. The molecule has 0 bridgehead atoms. The zero-order chi connectivity index (χ0) is 8.27. The lowest BCUT2D eigenvalue weighted by Gasteiger charge is -1.89. The molecule has 58 valence electrons. The first kappa shape index (κ1) is 8.03. The van der Waals surface area contributed by atoms with Crippen molar-refractivity contribution in [3.05, 3.63) is 11.6 Å². The number of carbonyl (C=O) groups excluding carboxylic acids is 1. The van der Waals surface area contributed by atoms with Crippen molar-refractivity contribution in [2.45, 2.75) is 25.9 Å². The Morgan fingerprint density at radius 1 is 1.82 bits per heavy atom. The van der Waals surface area contributed by atoms with Crippen LogP contribution in [-0.4, -0.2) is 17.0 Å². The average molecular weight is 150 g/mol. The zero-order valence-corrected chi connectivity index (χ0v) is 6.42. The van der Waals surface area contributed by atoms with Crippen molar-refractivity contribution >= 4 is 5.78 Å². The van der Waals surface area contributed by atoms with E-state index in [0.29, 0.717) is 12.0 Å². The molecule has 0 heterocycles. The number of Topliss-reactive ketones (excluding diaryl/α,β-unsaturated/α-hetero) is 1. The number of carbonyl (C=O) groups is 1. The van der Waals surface area contributed by atoms with Gasteiger partial charge in [-0.25, -0.2) is 0 Å². The third-order valence-electron chi connectivity index (χ3n) is 1.60. The predicted molar refractivity (Wildman–Crippen MR) is 41.8 cm³/mol. The van der Waals surface area contributed by atoms with Crippen molar-refractivity contribution in [2.75, 3.05) is 0 Å². The molecule has 1 aliphatic rings. The van der Waals surface area contributed by atoms with Crippen LogP contribution >= 0.6 is 0 Å². The third kappa shape index (κ3) is 1.92. The van der Waals surface area contributed by atoms with E-state index in [9.17, 15) is 4.79 Å². The van der Waals surface area contributed by atoms with E-state index in [0.717, 1.165) is 0 Å². The summed E-state index contributed by atoms with van der Waals surface area (Å²) < 4.78 is 0. The number of aliphatic hydroxyl groups is 1. The fourth-order valence-electron chi connectivity index (χ4n) is 1.05. The molecule has 2 nitrogen and oxygen atoms in total. The van der Waals surface area contributed by atoms with E-state index in [1.165, 1.54) is 0 Å². The number of allylic oxidation sites excluding steroid dienone is 1. The number of rotatable bonds is 1. The van der Waals surface area contributed by atoms with E-state index in [1.54, 1.807) is 13.0 Å². The summed E-state index contributed by atoms with van der Waals surface area (Å²) in [7, 11) is 0. The molecule has 0 saturated carbocycles. The number of aliphatic hydroxyl groups excluding tert-OH is 1. The van der Waals surface area contributed by atoms with Crippen LogP contribution in [0.1, 0.15) is 19.8 Å². The molecule has 1 rings (SSSR count). The molecular weight excluding hydrogens is 140 g/mol. The second-order valence-electron chi connectivity index (χ2n) is 2.49. The highest BCUT2D eigenvalue weighted by atomic mass is 16.3. The van der Waals surface area contributed by atoms with Gasteiger partial charge in [0.15, 0.2) is 5.78 Å². The van der Waals surface area contributed by atoms with Crippen LogP contribution in [0.4, 0.5) is 0 Å². The summed E-state index contributed by atoms with van der Waals surface area (Å²) in [5, 5.41) is 9.02. The summed E-state index contributed by atoms with van der Waals surface area (Å²) in [6.07, 6.45) is 1.73. The van der Waals surface area contributed by atoms with E-state index in [4.69, 9.17) is 5.11 Å². The van der Waals surface area contributed by atoms with Gasteiger partial charge in [0.2, 0.25) is 0 Å². The second-order valence-corrected chi connectivity index (χ2v) is 2.49. The molecule has 0 amide bonds. The van der Waals surface area contributed by atoms with Crippen LogP contribution < -0.4 is 0 Å². The Bertz CT molecular complexity index is 252. The summed E-state index contributed by atoms with van der Waals surface area (Å²) >= 11 is 0. The van der Waals surface area contributed by atoms with Gasteiger partial charge in [0.05, 0.1) is 6.10 Å². The molecule has 0 saturated heterocycles. The number of hydrogen-bond donors (Lipinski definition) is 1. The lowest BCUT2D eigenvalue weighted by molar-refractivity contribution is -0.115. The van der Waals surface area contributed by atoms with Crippen molar-refractivity contribution in [3.8, 4) is 11.8 Å². The molecular formula is C9H10O2. The highest BCUT2D eigenvalue weighted by Crippen LogP contribution is 2.16. The molecule has 0 aliphatic heterocycles. The summed E-state index contributed by atoms with van der Waals surface area (Å²) in [6, 6.07) is 0. The molecule has 1 atom stereocenters. The van der Waals surface area contributed by atoms with Crippen molar-refractivity contribution in [1.29, 1.82) is 0 Å². The fourth-order valence-corrected chi connectivity index (χ4v) is 1.05. The minimum absolute atomic E-state index is 0.0280. The molecule has 1 N–H and O–H groups in total. The van der Waals surface area contributed by atoms with E-state index in [1.807, 2.05) is 0 Å². The maximum atomic E-state index is 11.0. The maximum absolute atomic E-state index is 11.0. The van der Waals surface area contributed by atoms with Crippen LogP contribution in [0.2, 0.25) is 0 Å². The minimum Gasteiger partial charge on any atom is -0.389 e. The Kier molecular flexibility index (Phi) is 2.45. The van der Waals surface area contributed by atoms with Crippen molar-refractivity contribution in [3.63, 3.8) is 0 Å². The Morgan fingerprint density at radius 2 is 2.55 bits per heavy atom. The molecule has 11 heavy (non-hydrogen) atoms. The molecule has 0 radical (unpaired) electrons. The van der Waals surface area contributed by atoms with Gasteiger partial charge in [-0.1, -0.05) is 5.92 Å². The summed E-state index contributed by atoms with van der Waals surface area (Å²) in [5.74, 6) is 5.52. The quantitative estimate of drug-likeness (QED) is 0.557. The Labute approximate surface area is 65.9 Å². The van der Waals surface area contributed by atoms with Crippen LogP contribution in [0.3, 0.4) is 0 Å². The number of ketones is 1.